The highest BCUT2D eigenvalue weighted by molar-refractivity contribution is 5.81. The molecule has 3 rings (SSSR count). The van der Waals surface area contributed by atoms with Crippen LogP contribution < -0.4 is 5.73 Å². The van der Waals surface area contributed by atoms with Crippen molar-refractivity contribution in [3.05, 3.63) is 0 Å². The van der Waals surface area contributed by atoms with E-state index in [9.17, 15) is 0 Å². The molecule has 1 saturated carbocycles. The Hall–Kier alpha value is -0.770. The van der Waals surface area contributed by atoms with Gasteiger partial charge < -0.3 is 15.4 Å². The van der Waals surface area contributed by atoms with Crippen LogP contribution in [-0.4, -0.2) is 42.2 Å². The van der Waals surface area contributed by atoms with E-state index in [4.69, 9.17) is 10.5 Å². The van der Waals surface area contributed by atoms with Crippen molar-refractivity contribution in [2.24, 2.45) is 16.6 Å². The zero-order chi connectivity index (χ0) is 11.9. The highest BCUT2D eigenvalue weighted by Crippen LogP contribution is 2.43. The summed E-state index contributed by atoms with van der Waals surface area (Å²) in [7, 11) is 0. The van der Waals surface area contributed by atoms with Crippen molar-refractivity contribution in [1.29, 1.82) is 0 Å². The summed E-state index contributed by atoms with van der Waals surface area (Å²) in [4.78, 5) is 6.87. The lowest BCUT2D eigenvalue weighted by Gasteiger charge is -2.40. The van der Waals surface area contributed by atoms with E-state index in [1.54, 1.807) is 0 Å². The zero-order valence-electron chi connectivity index (χ0n) is 10.7. The van der Waals surface area contributed by atoms with Gasteiger partial charge in [0.15, 0.2) is 5.96 Å². The molecule has 0 bridgehead atoms. The van der Waals surface area contributed by atoms with Gasteiger partial charge in [-0.25, -0.2) is 0 Å². The van der Waals surface area contributed by atoms with Crippen molar-refractivity contribution in [2.45, 2.75) is 50.7 Å². The number of aliphatic imine (C=N–C) groups is 1. The topological polar surface area (TPSA) is 50.8 Å². The molecule has 1 saturated heterocycles. The average molecular weight is 237 g/mol. The fourth-order valence-corrected chi connectivity index (χ4v) is 3.75. The first-order valence-electron chi connectivity index (χ1n) is 6.91. The van der Waals surface area contributed by atoms with Gasteiger partial charge in [-0.2, -0.15) is 0 Å². The lowest BCUT2D eigenvalue weighted by molar-refractivity contribution is 0.0556. The Morgan fingerprint density at radius 3 is 3.00 bits per heavy atom. The minimum absolute atomic E-state index is 0.218. The smallest absolute Gasteiger partial charge is 0.191 e. The SMILES string of the molecule is CC1CCCC12CN=C(N)N2CC1CCCO1. The number of hydrogen-bond acceptors (Lipinski definition) is 4. The van der Waals surface area contributed by atoms with Crippen LogP contribution in [-0.2, 0) is 4.74 Å². The molecule has 0 aromatic carbocycles. The molecule has 2 N–H and O–H groups in total. The molecule has 0 aromatic heterocycles. The van der Waals surface area contributed by atoms with Gasteiger partial charge in [-0.15, -0.1) is 0 Å². The van der Waals surface area contributed by atoms with Crippen molar-refractivity contribution in [1.82, 2.24) is 4.90 Å². The van der Waals surface area contributed by atoms with Crippen LogP contribution in [0.5, 0.6) is 0 Å². The Morgan fingerprint density at radius 2 is 2.35 bits per heavy atom. The van der Waals surface area contributed by atoms with Crippen LogP contribution in [0.3, 0.4) is 0 Å². The molecule has 0 radical (unpaired) electrons. The summed E-state index contributed by atoms with van der Waals surface area (Å²) in [6.45, 7) is 5.11. The first-order chi connectivity index (χ1) is 8.22. The number of ether oxygens (including phenoxy) is 1. The van der Waals surface area contributed by atoms with Gasteiger partial charge >= 0.3 is 0 Å². The van der Waals surface area contributed by atoms with E-state index in [2.05, 4.69) is 16.8 Å². The molecule has 0 amide bonds. The van der Waals surface area contributed by atoms with Gasteiger partial charge in [0, 0.05) is 13.2 Å². The number of hydrogen-bond donors (Lipinski definition) is 1. The first kappa shape index (κ1) is 11.3. The normalized spacial score (nSPS) is 41.5. The van der Waals surface area contributed by atoms with Gasteiger partial charge in [0.2, 0.25) is 0 Å². The Balaban J connectivity index is 1.76. The average Bonchev–Trinajstić information content (AvgIpc) is 2.99. The summed E-state index contributed by atoms with van der Waals surface area (Å²) in [6, 6.07) is 0. The highest BCUT2D eigenvalue weighted by atomic mass is 16.5. The Morgan fingerprint density at radius 1 is 1.47 bits per heavy atom. The third kappa shape index (κ3) is 1.73. The molecule has 17 heavy (non-hydrogen) atoms. The number of rotatable bonds is 2. The van der Waals surface area contributed by atoms with Crippen LogP contribution in [0.1, 0.15) is 39.0 Å². The maximum absolute atomic E-state index is 6.09. The van der Waals surface area contributed by atoms with Gasteiger partial charge in [0.05, 0.1) is 18.2 Å². The molecule has 3 aliphatic rings. The molecule has 3 atom stereocenters. The summed E-state index contributed by atoms with van der Waals surface area (Å²) in [5, 5.41) is 0. The van der Waals surface area contributed by atoms with Gasteiger partial charge in [0.25, 0.3) is 0 Å². The standard InChI is InChI=1S/C13H23N3O/c1-10-4-2-6-13(10)9-15-12(14)16(13)8-11-5-3-7-17-11/h10-11H,2-9H2,1H3,(H2,14,15). The molecule has 2 fully saturated rings. The highest BCUT2D eigenvalue weighted by Gasteiger charge is 2.49. The molecule has 2 aliphatic heterocycles. The third-order valence-corrected chi connectivity index (χ3v) is 4.90. The van der Waals surface area contributed by atoms with Crippen LogP contribution in [0.2, 0.25) is 0 Å². The molecule has 1 spiro atoms. The second-order valence-electron chi connectivity index (χ2n) is 5.82. The first-order valence-corrected chi connectivity index (χ1v) is 6.91. The minimum Gasteiger partial charge on any atom is -0.376 e. The Labute approximate surface area is 103 Å². The van der Waals surface area contributed by atoms with E-state index in [-0.39, 0.29) is 5.54 Å². The lowest BCUT2D eigenvalue weighted by atomic mass is 9.87. The number of nitrogens with zero attached hydrogens (tertiary/aromatic N) is 2. The summed E-state index contributed by atoms with van der Waals surface area (Å²) >= 11 is 0. The minimum atomic E-state index is 0.218. The molecule has 2 heterocycles. The number of guanidine groups is 1. The molecular formula is C13H23N3O. The van der Waals surface area contributed by atoms with Crippen molar-refractivity contribution >= 4 is 5.96 Å². The summed E-state index contributed by atoms with van der Waals surface area (Å²) in [5.41, 5.74) is 6.31. The summed E-state index contributed by atoms with van der Waals surface area (Å²) < 4.78 is 5.75. The Kier molecular flexibility index (Phi) is 2.77. The van der Waals surface area contributed by atoms with Crippen molar-refractivity contribution in [3.8, 4) is 0 Å². The predicted molar refractivity (Wildman–Crippen MR) is 67.9 cm³/mol. The summed E-state index contributed by atoms with van der Waals surface area (Å²) in [6.07, 6.45) is 6.60. The van der Waals surface area contributed by atoms with E-state index in [1.165, 1.54) is 32.1 Å². The monoisotopic (exact) mass is 237 g/mol. The fraction of sp³-hybridized carbons (Fsp3) is 0.923. The van der Waals surface area contributed by atoms with E-state index in [1.807, 2.05) is 0 Å². The van der Waals surface area contributed by atoms with Crippen molar-refractivity contribution in [2.75, 3.05) is 19.7 Å². The zero-order valence-corrected chi connectivity index (χ0v) is 10.7. The lowest BCUT2D eigenvalue weighted by Crippen LogP contribution is -2.55. The van der Waals surface area contributed by atoms with Crippen molar-refractivity contribution in [3.63, 3.8) is 0 Å². The van der Waals surface area contributed by atoms with E-state index < -0.39 is 0 Å². The quantitative estimate of drug-likeness (QED) is 0.789. The van der Waals surface area contributed by atoms with Crippen molar-refractivity contribution < 1.29 is 4.74 Å². The molecule has 4 nitrogen and oxygen atoms in total. The number of nitrogens with two attached hydrogens (primary N) is 1. The van der Waals surface area contributed by atoms with Crippen LogP contribution in [0.15, 0.2) is 4.99 Å². The van der Waals surface area contributed by atoms with Crippen LogP contribution in [0, 0.1) is 5.92 Å². The second-order valence-corrected chi connectivity index (χ2v) is 5.82. The maximum Gasteiger partial charge on any atom is 0.191 e. The van der Waals surface area contributed by atoms with Crippen LogP contribution in [0.4, 0.5) is 0 Å². The molecule has 3 unspecified atom stereocenters. The van der Waals surface area contributed by atoms with Crippen LogP contribution in [0.25, 0.3) is 0 Å². The maximum atomic E-state index is 6.09. The van der Waals surface area contributed by atoms with Gasteiger partial charge in [-0.05, 0) is 31.6 Å². The van der Waals surface area contributed by atoms with Gasteiger partial charge in [-0.3, -0.25) is 4.99 Å². The molecular weight excluding hydrogens is 214 g/mol. The molecule has 4 heteroatoms. The molecule has 96 valence electrons. The largest absolute Gasteiger partial charge is 0.376 e. The van der Waals surface area contributed by atoms with Gasteiger partial charge in [-0.1, -0.05) is 13.3 Å². The Bertz CT molecular complexity index is 325. The second kappa shape index (κ2) is 4.16. The predicted octanol–water partition coefficient (Wildman–Crippen LogP) is 1.35. The summed E-state index contributed by atoms with van der Waals surface area (Å²) in [5.74, 6) is 1.45. The van der Waals surface area contributed by atoms with Gasteiger partial charge in [0.1, 0.15) is 0 Å². The fourth-order valence-electron chi connectivity index (χ4n) is 3.75. The third-order valence-electron chi connectivity index (χ3n) is 4.90. The molecule has 1 aliphatic carbocycles. The van der Waals surface area contributed by atoms with Crippen LogP contribution >= 0.6 is 0 Å². The van der Waals surface area contributed by atoms with E-state index in [0.717, 1.165) is 25.7 Å². The van der Waals surface area contributed by atoms with E-state index in [0.29, 0.717) is 12.0 Å². The molecule has 0 aromatic rings. The van der Waals surface area contributed by atoms with E-state index >= 15 is 0 Å².